The van der Waals surface area contributed by atoms with Crippen LogP contribution in [0.5, 0.6) is 0 Å². The van der Waals surface area contributed by atoms with Crippen molar-refractivity contribution in [1.82, 2.24) is 4.90 Å². The molecule has 1 aromatic carbocycles. The van der Waals surface area contributed by atoms with Crippen molar-refractivity contribution < 1.29 is 5.11 Å². The van der Waals surface area contributed by atoms with Gasteiger partial charge in [0.15, 0.2) is 0 Å². The lowest BCUT2D eigenvalue weighted by atomic mass is 9.95. The summed E-state index contributed by atoms with van der Waals surface area (Å²) >= 11 is 0. The van der Waals surface area contributed by atoms with E-state index in [0.717, 1.165) is 19.5 Å². The van der Waals surface area contributed by atoms with Crippen LogP contribution in [0.4, 0.5) is 0 Å². The molecule has 2 rings (SSSR count). The first-order chi connectivity index (χ1) is 7.79. The molecule has 1 aliphatic heterocycles. The molecule has 1 saturated heterocycles. The summed E-state index contributed by atoms with van der Waals surface area (Å²) in [6.07, 6.45) is 0.271. The second kappa shape index (κ2) is 5.11. The van der Waals surface area contributed by atoms with Crippen molar-refractivity contribution in [3.63, 3.8) is 0 Å². The molecule has 3 nitrogen and oxygen atoms in total. The highest BCUT2D eigenvalue weighted by molar-refractivity contribution is 5.14. The summed E-state index contributed by atoms with van der Waals surface area (Å²) in [5, 5.41) is 18.6. The van der Waals surface area contributed by atoms with Crippen molar-refractivity contribution in [3.05, 3.63) is 35.9 Å². The molecule has 0 aromatic heterocycles. The van der Waals surface area contributed by atoms with Gasteiger partial charge in [0.25, 0.3) is 0 Å². The van der Waals surface area contributed by atoms with Crippen LogP contribution in [0.3, 0.4) is 0 Å². The van der Waals surface area contributed by atoms with E-state index in [1.54, 1.807) is 0 Å². The number of aliphatic hydroxyl groups excluding tert-OH is 1. The number of hydrogen-bond donors (Lipinski definition) is 1. The Hall–Kier alpha value is -1.37. The van der Waals surface area contributed by atoms with E-state index in [4.69, 9.17) is 5.26 Å². The van der Waals surface area contributed by atoms with Gasteiger partial charge in [-0.25, -0.2) is 0 Å². The number of rotatable bonds is 2. The van der Waals surface area contributed by atoms with Crippen molar-refractivity contribution in [3.8, 4) is 6.07 Å². The zero-order valence-corrected chi connectivity index (χ0v) is 9.21. The Morgan fingerprint density at radius 3 is 2.75 bits per heavy atom. The van der Waals surface area contributed by atoms with E-state index in [2.05, 4.69) is 23.1 Å². The number of nitrogens with zero attached hydrogens (tertiary/aromatic N) is 2. The molecular weight excluding hydrogens is 200 g/mol. The summed E-state index contributed by atoms with van der Waals surface area (Å²) in [6, 6.07) is 12.4. The SMILES string of the molecule is N#C[C@H]1CCN(Cc2ccccc2)C[C@@H]1O. The predicted molar refractivity (Wildman–Crippen MR) is 61.4 cm³/mol. The van der Waals surface area contributed by atoms with Gasteiger partial charge in [-0.2, -0.15) is 5.26 Å². The molecule has 0 aliphatic carbocycles. The highest BCUT2D eigenvalue weighted by atomic mass is 16.3. The summed E-state index contributed by atoms with van der Waals surface area (Å²) in [7, 11) is 0. The van der Waals surface area contributed by atoms with Crippen LogP contribution in [0.1, 0.15) is 12.0 Å². The van der Waals surface area contributed by atoms with Crippen LogP contribution in [-0.4, -0.2) is 29.2 Å². The third kappa shape index (κ3) is 2.60. The average Bonchev–Trinajstić information content (AvgIpc) is 2.31. The molecule has 1 aromatic rings. The summed E-state index contributed by atoms with van der Waals surface area (Å²) in [6.45, 7) is 2.35. The average molecular weight is 216 g/mol. The summed E-state index contributed by atoms with van der Waals surface area (Å²) < 4.78 is 0. The van der Waals surface area contributed by atoms with E-state index in [0.29, 0.717) is 6.54 Å². The molecule has 0 spiro atoms. The Kier molecular flexibility index (Phi) is 3.55. The molecule has 1 aliphatic rings. The number of piperidine rings is 1. The maximum atomic E-state index is 9.75. The molecule has 3 heteroatoms. The van der Waals surface area contributed by atoms with Crippen molar-refractivity contribution in [2.24, 2.45) is 5.92 Å². The molecule has 1 fully saturated rings. The van der Waals surface area contributed by atoms with Gasteiger partial charge in [0.1, 0.15) is 0 Å². The first kappa shape index (κ1) is 11.1. The van der Waals surface area contributed by atoms with E-state index < -0.39 is 6.10 Å². The Balaban J connectivity index is 1.92. The normalized spacial score (nSPS) is 26.2. The molecule has 0 saturated carbocycles. The Labute approximate surface area is 95.9 Å². The largest absolute Gasteiger partial charge is 0.390 e. The number of β-amino-alcohol motifs (C(OH)–C–C–N with tert-alkyl or cyclic N) is 1. The summed E-state index contributed by atoms with van der Waals surface area (Å²) in [5.41, 5.74) is 1.25. The molecule has 16 heavy (non-hydrogen) atoms. The zero-order valence-electron chi connectivity index (χ0n) is 9.21. The lowest BCUT2D eigenvalue weighted by Crippen LogP contribution is -2.42. The second-order valence-corrected chi connectivity index (χ2v) is 4.31. The minimum atomic E-state index is -0.498. The highest BCUT2D eigenvalue weighted by Gasteiger charge is 2.27. The van der Waals surface area contributed by atoms with Gasteiger partial charge in [-0.1, -0.05) is 30.3 Å². The van der Waals surface area contributed by atoms with Crippen LogP contribution < -0.4 is 0 Å². The van der Waals surface area contributed by atoms with Crippen LogP contribution >= 0.6 is 0 Å². The molecule has 1 heterocycles. The Morgan fingerprint density at radius 2 is 2.12 bits per heavy atom. The molecule has 0 bridgehead atoms. The molecule has 84 valence electrons. The fourth-order valence-electron chi connectivity index (χ4n) is 2.13. The fraction of sp³-hybridized carbons (Fsp3) is 0.462. The monoisotopic (exact) mass is 216 g/mol. The molecule has 1 N–H and O–H groups in total. The number of likely N-dealkylation sites (tertiary alicyclic amines) is 1. The van der Waals surface area contributed by atoms with Crippen LogP contribution in [0.15, 0.2) is 30.3 Å². The van der Waals surface area contributed by atoms with Crippen LogP contribution in [0.25, 0.3) is 0 Å². The Bertz CT molecular complexity index is 371. The van der Waals surface area contributed by atoms with Crippen molar-refractivity contribution in [1.29, 1.82) is 5.26 Å². The molecule has 0 amide bonds. The smallest absolute Gasteiger partial charge is 0.0825 e. The predicted octanol–water partition coefficient (Wildman–Crippen LogP) is 1.39. The van der Waals surface area contributed by atoms with E-state index >= 15 is 0 Å². The van der Waals surface area contributed by atoms with E-state index in [1.807, 2.05) is 18.2 Å². The maximum absolute atomic E-state index is 9.75. The second-order valence-electron chi connectivity index (χ2n) is 4.31. The molecular formula is C13H16N2O. The van der Waals surface area contributed by atoms with Gasteiger partial charge in [-0.05, 0) is 18.5 Å². The third-order valence-electron chi connectivity index (χ3n) is 3.08. The number of benzene rings is 1. The van der Waals surface area contributed by atoms with Crippen molar-refractivity contribution in [2.75, 3.05) is 13.1 Å². The van der Waals surface area contributed by atoms with Crippen LogP contribution in [-0.2, 0) is 6.54 Å². The van der Waals surface area contributed by atoms with Gasteiger partial charge >= 0.3 is 0 Å². The van der Waals surface area contributed by atoms with Gasteiger partial charge in [0.05, 0.1) is 18.1 Å². The number of nitriles is 1. The minimum absolute atomic E-state index is 0.188. The molecule has 2 atom stereocenters. The maximum Gasteiger partial charge on any atom is 0.0825 e. The van der Waals surface area contributed by atoms with E-state index in [9.17, 15) is 5.11 Å². The number of hydrogen-bond acceptors (Lipinski definition) is 3. The first-order valence-electron chi connectivity index (χ1n) is 5.63. The fourth-order valence-corrected chi connectivity index (χ4v) is 2.13. The third-order valence-corrected chi connectivity index (χ3v) is 3.08. The van der Waals surface area contributed by atoms with E-state index in [1.165, 1.54) is 5.56 Å². The van der Waals surface area contributed by atoms with Gasteiger partial charge in [0, 0.05) is 13.1 Å². The lowest BCUT2D eigenvalue weighted by Gasteiger charge is -2.32. The van der Waals surface area contributed by atoms with Gasteiger partial charge in [0.2, 0.25) is 0 Å². The van der Waals surface area contributed by atoms with Crippen LogP contribution in [0.2, 0.25) is 0 Å². The van der Waals surface area contributed by atoms with E-state index in [-0.39, 0.29) is 5.92 Å². The molecule has 0 radical (unpaired) electrons. The quantitative estimate of drug-likeness (QED) is 0.812. The summed E-state index contributed by atoms with van der Waals surface area (Å²) in [5.74, 6) is -0.188. The van der Waals surface area contributed by atoms with Crippen molar-refractivity contribution >= 4 is 0 Å². The lowest BCUT2D eigenvalue weighted by molar-refractivity contribution is 0.0393. The summed E-state index contributed by atoms with van der Waals surface area (Å²) in [4.78, 5) is 2.20. The topological polar surface area (TPSA) is 47.3 Å². The Morgan fingerprint density at radius 1 is 1.38 bits per heavy atom. The van der Waals surface area contributed by atoms with Gasteiger partial charge in [-0.15, -0.1) is 0 Å². The van der Waals surface area contributed by atoms with Gasteiger partial charge in [-0.3, -0.25) is 4.90 Å². The van der Waals surface area contributed by atoms with Crippen LogP contribution in [0, 0.1) is 17.2 Å². The first-order valence-corrected chi connectivity index (χ1v) is 5.63. The van der Waals surface area contributed by atoms with Gasteiger partial charge < -0.3 is 5.11 Å². The highest BCUT2D eigenvalue weighted by Crippen LogP contribution is 2.18. The minimum Gasteiger partial charge on any atom is -0.390 e. The molecule has 0 unspecified atom stereocenters. The van der Waals surface area contributed by atoms with Crippen molar-refractivity contribution in [2.45, 2.75) is 19.1 Å². The number of aliphatic hydroxyl groups is 1. The zero-order chi connectivity index (χ0) is 11.4. The standard InChI is InChI=1S/C13H16N2O/c14-8-12-6-7-15(10-13(12)16)9-11-4-2-1-3-5-11/h1-5,12-13,16H,6-7,9-10H2/t12-,13+/m1/s1.